The Hall–Kier alpha value is -2.39. The van der Waals surface area contributed by atoms with Crippen LogP contribution >= 0.6 is 46.0 Å². The van der Waals surface area contributed by atoms with Crippen LogP contribution < -0.4 is 24.2 Å². The summed E-state index contributed by atoms with van der Waals surface area (Å²) in [5, 5.41) is 4.64. The second-order valence-electron chi connectivity index (χ2n) is 7.50. The van der Waals surface area contributed by atoms with Crippen molar-refractivity contribution in [3.63, 3.8) is 0 Å². The molecule has 5 rings (SSSR count). The molecule has 168 valence electrons. The molecule has 33 heavy (non-hydrogen) atoms. The summed E-state index contributed by atoms with van der Waals surface area (Å²) in [5.74, 6) is -0.275. The fraction of sp³-hybridized carbons (Fsp3) is 0.167. The minimum atomic E-state index is -0.275. The van der Waals surface area contributed by atoms with Crippen molar-refractivity contribution in [1.82, 2.24) is 4.57 Å². The van der Waals surface area contributed by atoms with Crippen molar-refractivity contribution in [3.8, 4) is 0 Å². The zero-order chi connectivity index (χ0) is 23.1. The Morgan fingerprint density at radius 3 is 2.82 bits per heavy atom. The van der Waals surface area contributed by atoms with Gasteiger partial charge in [-0.25, -0.2) is 4.39 Å². The SMILES string of the molecule is CCn1c(=O)/c(=C2\Sc3cc(F)ccc3N2C)s/c1=C\c1scc[n+]1Cc1ccccc1Cl. The second kappa shape index (κ2) is 9.10. The van der Waals surface area contributed by atoms with E-state index >= 15 is 0 Å². The van der Waals surface area contributed by atoms with Crippen LogP contribution in [0.3, 0.4) is 0 Å². The van der Waals surface area contributed by atoms with Gasteiger partial charge < -0.3 is 4.90 Å². The molecule has 0 bridgehead atoms. The van der Waals surface area contributed by atoms with Crippen molar-refractivity contribution in [1.29, 1.82) is 0 Å². The summed E-state index contributed by atoms with van der Waals surface area (Å²) >= 11 is 10.9. The highest BCUT2D eigenvalue weighted by atomic mass is 35.5. The predicted molar refractivity (Wildman–Crippen MR) is 136 cm³/mol. The number of hydrogen-bond donors (Lipinski definition) is 0. The number of hydrogen-bond acceptors (Lipinski definition) is 5. The van der Waals surface area contributed by atoms with Crippen molar-refractivity contribution in [2.45, 2.75) is 24.9 Å². The van der Waals surface area contributed by atoms with Crippen LogP contribution in [0, 0.1) is 5.82 Å². The normalized spacial score (nSPS) is 15.4. The molecular weight excluding hydrogens is 497 g/mol. The molecule has 0 atom stereocenters. The van der Waals surface area contributed by atoms with E-state index in [4.69, 9.17) is 11.6 Å². The lowest BCUT2D eigenvalue weighted by atomic mass is 10.2. The van der Waals surface area contributed by atoms with Crippen molar-refractivity contribution in [3.05, 3.63) is 95.0 Å². The summed E-state index contributed by atoms with van der Waals surface area (Å²) < 4.78 is 19.2. The van der Waals surface area contributed by atoms with Gasteiger partial charge in [0, 0.05) is 24.1 Å². The van der Waals surface area contributed by atoms with Crippen LogP contribution in [0.1, 0.15) is 17.5 Å². The maximum atomic E-state index is 13.7. The van der Waals surface area contributed by atoms with E-state index in [1.807, 2.05) is 54.7 Å². The molecule has 4 nitrogen and oxygen atoms in total. The van der Waals surface area contributed by atoms with Crippen LogP contribution in [-0.4, -0.2) is 11.6 Å². The first kappa shape index (κ1) is 22.4. The van der Waals surface area contributed by atoms with E-state index < -0.39 is 0 Å². The lowest BCUT2D eigenvalue weighted by Gasteiger charge is -2.12. The molecule has 2 aromatic carbocycles. The Balaban J connectivity index is 1.61. The Morgan fingerprint density at radius 2 is 2.03 bits per heavy atom. The fourth-order valence-corrected chi connectivity index (χ4v) is 7.31. The smallest absolute Gasteiger partial charge is 0.271 e. The van der Waals surface area contributed by atoms with Crippen molar-refractivity contribution in [2.75, 3.05) is 11.9 Å². The van der Waals surface area contributed by atoms with E-state index in [1.54, 1.807) is 22.0 Å². The molecule has 0 unspecified atom stereocenters. The van der Waals surface area contributed by atoms with Gasteiger partial charge >= 0.3 is 0 Å². The minimum absolute atomic E-state index is 0.0226. The molecule has 0 fully saturated rings. The quantitative estimate of drug-likeness (QED) is 0.380. The molecule has 0 spiro atoms. The zero-order valence-electron chi connectivity index (χ0n) is 17.9. The Kier molecular flexibility index (Phi) is 6.18. The number of anilines is 1. The average Bonchev–Trinajstić information content (AvgIpc) is 3.46. The van der Waals surface area contributed by atoms with E-state index in [0.717, 1.165) is 35.9 Å². The molecular formula is C24H20ClFN3OS3+. The molecule has 0 radical (unpaired) electrons. The molecule has 0 aliphatic carbocycles. The van der Waals surface area contributed by atoms with Gasteiger partial charge in [0.1, 0.15) is 20.0 Å². The number of benzene rings is 2. The molecule has 0 amide bonds. The summed E-state index contributed by atoms with van der Waals surface area (Å²) in [4.78, 5) is 16.1. The van der Waals surface area contributed by atoms with Gasteiger partial charge in [-0.15, -0.1) is 11.3 Å². The lowest BCUT2D eigenvalue weighted by molar-refractivity contribution is -0.685. The molecule has 3 heterocycles. The third-order valence-electron chi connectivity index (χ3n) is 5.48. The first-order valence-electron chi connectivity index (χ1n) is 10.3. The molecule has 0 saturated carbocycles. The monoisotopic (exact) mass is 516 g/mol. The highest BCUT2D eigenvalue weighted by Gasteiger charge is 2.25. The van der Waals surface area contributed by atoms with Crippen molar-refractivity contribution < 1.29 is 8.96 Å². The standard InChI is InChI=1S/C24H20ClFN3OS3/c1-3-29-21(13-20-28(10-11-31-20)14-15-6-4-5-7-17(15)25)33-22(23(29)30)24-27(2)18-9-8-16(26)12-19(18)32-24/h4-13H,3,14H2,1-2H3/q+1/b24-22+. The van der Waals surface area contributed by atoms with Gasteiger partial charge in [-0.2, -0.15) is 4.57 Å². The van der Waals surface area contributed by atoms with Gasteiger partial charge in [-0.1, -0.05) is 52.9 Å². The molecule has 9 heteroatoms. The first-order chi connectivity index (χ1) is 16.0. The summed E-state index contributed by atoms with van der Waals surface area (Å²) in [7, 11) is 1.92. The zero-order valence-corrected chi connectivity index (χ0v) is 21.1. The number of halogens is 2. The van der Waals surface area contributed by atoms with Gasteiger partial charge in [-0.05, 0) is 31.2 Å². The van der Waals surface area contributed by atoms with Gasteiger partial charge in [0.15, 0.2) is 12.7 Å². The van der Waals surface area contributed by atoms with E-state index in [-0.39, 0.29) is 11.4 Å². The van der Waals surface area contributed by atoms with E-state index in [1.165, 1.54) is 35.2 Å². The molecule has 1 aliphatic heterocycles. The number of thioether (sulfide) groups is 1. The third-order valence-corrected chi connectivity index (χ3v) is 9.16. The van der Waals surface area contributed by atoms with Crippen LogP contribution in [-0.2, 0) is 13.1 Å². The highest BCUT2D eigenvalue weighted by molar-refractivity contribution is 8.08. The maximum Gasteiger partial charge on any atom is 0.271 e. The molecule has 1 aliphatic rings. The Bertz CT molecular complexity index is 1540. The topological polar surface area (TPSA) is 29.1 Å². The molecule has 0 saturated heterocycles. The fourth-order valence-electron chi connectivity index (χ4n) is 3.77. The van der Waals surface area contributed by atoms with Crippen LogP contribution in [0.25, 0.3) is 11.1 Å². The van der Waals surface area contributed by atoms with Crippen LogP contribution in [0.5, 0.6) is 0 Å². The summed E-state index contributed by atoms with van der Waals surface area (Å²) in [6.07, 6.45) is 4.09. The summed E-state index contributed by atoms with van der Waals surface area (Å²) in [5.41, 5.74) is 1.93. The van der Waals surface area contributed by atoms with Gasteiger partial charge in [0.25, 0.3) is 10.6 Å². The maximum absolute atomic E-state index is 13.7. The van der Waals surface area contributed by atoms with Gasteiger partial charge in [0.05, 0.1) is 22.2 Å². The second-order valence-corrected chi connectivity index (χ2v) is 10.9. The number of nitrogens with zero attached hydrogens (tertiary/aromatic N) is 3. The number of rotatable bonds is 4. The van der Waals surface area contributed by atoms with Crippen LogP contribution in [0.2, 0.25) is 5.02 Å². The first-order valence-corrected chi connectivity index (χ1v) is 13.2. The van der Waals surface area contributed by atoms with Gasteiger partial charge in [-0.3, -0.25) is 9.36 Å². The molecule has 2 aromatic heterocycles. The third kappa shape index (κ3) is 4.17. The molecule has 4 aromatic rings. The van der Waals surface area contributed by atoms with Crippen LogP contribution in [0.15, 0.2) is 63.7 Å². The average molecular weight is 517 g/mol. The largest absolute Gasteiger partial charge is 0.337 e. The Morgan fingerprint density at radius 1 is 1.21 bits per heavy atom. The minimum Gasteiger partial charge on any atom is -0.337 e. The van der Waals surface area contributed by atoms with E-state index in [2.05, 4.69) is 10.6 Å². The van der Waals surface area contributed by atoms with E-state index in [0.29, 0.717) is 17.6 Å². The van der Waals surface area contributed by atoms with Crippen molar-refractivity contribution >= 4 is 62.8 Å². The summed E-state index contributed by atoms with van der Waals surface area (Å²) in [6.45, 7) is 3.20. The number of thiazole rings is 2. The van der Waals surface area contributed by atoms with Gasteiger partial charge in [0.2, 0.25) is 0 Å². The van der Waals surface area contributed by atoms with E-state index in [9.17, 15) is 9.18 Å². The van der Waals surface area contributed by atoms with Crippen molar-refractivity contribution in [2.24, 2.45) is 0 Å². The number of aromatic nitrogens is 2. The highest BCUT2D eigenvalue weighted by Crippen LogP contribution is 2.45. The molecule has 0 N–H and O–H groups in total. The van der Waals surface area contributed by atoms with Crippen LogP contribution in [0.4, 0.5) is 10.1 Å². The number of fused-ring (bicyclic) bond motifs is 1. The lowest BCUT2D eigenvalue weighted by Crippen LogP contribution is -2.36. The predicted octanol–water partition coefficient (Wildman–Crippen LogP) is 4.26. The Labute approximate surface area is 207 Å². The summed E-state index contributed by atoms with van der Waals surface area (Å²) in [6, 6.07) is 12.5.